The number of amides is 1. The SMILES string of the molecule is NC(=O)c1cccc(-c2cncc(-c3cccc4ncccc34)n2)c1. The first kappa shape index (κ1) is 15.0. The molecule has 2 aromatic heterocycles. The zero-order valence-electron chi connectivity index (χ0n) is 13.3. The average molecular weight is 326 g/mol. The molecule has 0 aliphatic carbocycles. The minimum absolute atomic E-state index is 0.444. The monoisotopic (exact) mass is 326 g/mol. The Morgan fingerprint density at radius 2 is 1.76 bits per heavy atom. The molecule has 4 rings (SSSR count). The van der Waals surface area contributed by atoms with E-state index in [0.717, 1.165) is 27.7 Å². The lowest BCUT2D eigenvalue weighted by Crippen LogP contribution is -2.10. The third-order valence-corrected chi connectivity index (χ3v) is 4.00. The number of aromatic nitrogens is 3. The number of primary amides is 1. The molecule has 1 amide bonds. The van der Waals surface area contributed by atoms with Crippen molar-refractivity contribution in [3.63, 3.8) is 0 Å². The molecule has 0 spiro atoms. The van der Waals surface area contributed by atoms with Crippen LogP contribution in [0, 0.1) is 0 Å². The molecule has 4 aromatic rings. The number of hydrogen-bond acceptors (Lipinski definition) is 4. The molecule has 2 N–H and O–H groups in total. The van der Waals surface area contributed by atoms with Crippen LogP contribution in [0.1, 0.15) is 10.4 Å². The van der Waals surface area contributed by atoms with Gasteiger partial charge < -0.3 is 5.73 Å². The van der Waals surface area contributed by atoms with Gasteiger partial charge in [0, 0.05) is 28.3 Å². The summed E-state index contributed by atoms with van der Waals surface area (Å²) in [6.07, 6.45) is 5.17. The summed E-state index contributed by atoms with van der Waals surface area (Å²) in [7, 11) is 0. The molecule has 0 atom stereocenters. The molecular weight excluding hydrogens is 312 g/mol. The number of pyridine rings is 1. The molecule has 25 heavy (non-hydrogen) atoms. The van der Waals surface area contributed by atoms with Gasteiger partial charge in [0.25, 0.3) is 0 Å². The van der Waals surface area contributed by atoms with Crippen molar-refractivity contribution in [2.45, 2.75) is 0 Å². The first-order valence-corrected chi connectivity index (χ1v) is 7.79. The lowest BCUT2D eigenvalue weighted by molar-refractivity contribution is 0.100. The molecule has 0 radical (unpaired) electrons. The van der Waals surface area contributed by atoms with Gasteiger partial charge in [-0.1, -0.05) is 30.3 Å². The molecule has 0 saturated carbocycles. The number of fused-ring (bicyclic) bond motifs is 1. The van der Waals surface area contributed by atoms with Crippen molar-refractivity contribution in [1.82, 2.24) is 15.0 Å². The number of hydrogen-bond donors (Lipinski definition) is 1. The number of nitrogens with two attached hydrogens (primary N) is 1. The van der Waals surface area contributed by atoms with E-state index in [1.165, 1.54) is 0 Å². The molecule has 5 heteroatoms. The largest absolute Gasteiger partial charge is 0.366 e. The smallest absolute Gasteiger partial charge is 0.248 e. The number of carbonyl (C=O) groups is 1. The van der Waals surface area contributed by atoms with E-state index in [0.29, 0.717) is 11.3 Å². The van der Waals surface area contributed by atoms with Gasteiger partial charge >= 0.3 is 0 Å². The fourth-order valence-corrected chi connectivity index (χ4v) is 2.79. The van der Waals surface area contributed by atoms with E-state index < -0.39 is 5.91 Å². The molecule has 0 fully saturated rings. The van der Waals surface area contributed by atoms with E-state index in [9.17, 15) is 4.79 Å². The number of nitrogens with zero attached hydrogens (tertiary/aromatic N) is 3. The Labute approximate surface area is 144 Å². The second-order valence-electron chi connectivity index (χ2n) is 5.61. The molecule has 0 aliphatic rings. The van der Waals surface area contributed by atoms with Gasteiger partial charge in [0.1, 0.15) is 0 Å². The highest BCUT2D eigenvalue weighted by molar-refractivity contribution is 5.95. The predicted octanol–water partition coefficient (Wildman–Crippen LogP) is 3.46. The minimum atomic E-state index is -0.467. The standard InChI is InChI=1S/C20H14N4O/c21-20(25)14-5-1-4-13(10-14)18-11-22-12-19(24-18)16-6-2-8-17-15(16)7-3-9-23-17/h1-12H,(H2,21,25). The van der Waals surface area contributed by atoms with E-state index in [4.69, 9.17) is 10.7 Å². The van der Waals surface area contributed by atoms with E-state index in [-0.39, 0.29) is 0 Å². The molecule has 0 unspecified atom stereocenters. The molecule has 5 nitrogen and oxygen atoms in total. The van der Waals surface area contributed by atoms with E-state index in [1.807, 2.05) is 36.4 Å². The molecule has 0 bridgehead atoms. The van der Waals surface area contributed by atoms with Crippen molar-refractivity contribution in [2.75, 3.05) is 0 Å². The van der Waals surface area contributed by atoms with Gasteiger partial charge in [0.15, 0.2) is 0 Å². The van der Waals surface area contributed by atoms with Gasteiger partial charge in [-0.2, -0.15) is 0 Å². The predicted molar refractivity (Wildman–Crippen MR) is 96.7 cm³/mol. The highest BCUT2D eigenvalue weighted by Crippen LogP contribution is 2.27. The van der Waals surface area contributed by atoms with Crippen LogP contribution in [0.3, 0.4) is 0 Å². The van der Waals surface area contributed by atoms with Gasteiger partial charge in [0.05, 0.1) is 29.3 Å². The van der Waals surface area contributed by atoms with Gasteiger partial charge in [-0.25, -0.2) is 4.98 Å². The summed E-state index contributed by atoms with van der Waals surface area (Å²) in [6.45, 7) is 0. The summed E-state index contributed by atoms with van der Waals surface area (Å²) in [4.78, 5) is 24.8. The normalized spacial score (nSPS) is 10.7. The van der Waals surface area contributed by atoms with Crippen LogP contribution in [0.2, 0.25) is 0 Å². The van der Waals surface area contributed by atoms with Crippen molar-refractivity contribution >= 4 is 16.8 Å². The molecule has 0 saturated heterocycles. The highest BCUT2D eigenvalue weighted by Gasteiger charge is 2.09. The average Bonchev–Trinajstić information content (AvgIpc) is 2.68. The Morgan fingerprint density at radius 1 is 0.920 bits per heavy atom. The summed E-state index contributed by atoms with van der Waals surface area (Å²) in [6, 6.07) is 16.9. The van der Waals surface area contributed by atoms with Crippen LogP contribution in [0.4, 0.5) is 0 Å². The van der Waals surface area contributed by atoms with Crippen molar-refractivity contribution in [3.8, 4) is 22.5 Å². The maximum absolute atomic E-state index is 11.4. The number of carbonyl (C=O) groups excluding carboxylic acids is 1. The van der Waals surface area contributed by atoms with Crippen molar-refractivity contribution in [3.05, 3.63) is 78.8 Å². The van der Waals surface area contributed by atoms with Crippen LogP contribution in [-0.2, 0) is 0 Å². The van der Waals surface area contributed by atoms with Crippen LogP contribution >= 0.6 is 0 Å². The van der Waals surface area contributed by atoms with Crippen LogP contribution in [-0.4, -0.2) is 20.9 Å². The maximum Gasteiger partial charge on any atom is 0.248 e. The van der Waals surface area contributed by atoms with E-state index in [1.54, 1.807) is 36.8 Å². The molecule has 120 valence electrons. The van der Waals surface area contributed by atoms with Crippen molar-refractivity contribution in [1.29, 1.82) is 0 Å². The summed E-state index contributed by atoms with van der Waals surface area (Å²) in [5, 5.41) is 1.02. The number of rotatable bonds is 3. The zero-order chi connectivity index (χ0) is 17.2. The Morgan fingerprint density at radius 3 is 2.64 bits per heavy atom. The van der Waals surface area contributed by atoms with Gasteiger partial charge in [-0.15, -0.1) is 0 Å². The lowest BCUT2D eigenvalue weighted by Gasteiger charge is -2.08. The van der Waals surface area contributed by atoms with Gasteiger partial charge in [0.2, 0.25) is 5.91 Å². The topological polar surface area (TPSA) is 81.8 Å². The quantitative estimate of drug-likeness (QED) is 0.625. The second kappa shape index (κ2) is 6.13. The van der Waals surface area contributed by atoms with Crippen LogP contribution in [0.25, 0.3) is 33.4 Å². The zero-order valence-corrected chi connectivity index (χ0v) is 13.3. The first-order chi connectivity index (χ1) is 12.2. The van der Waals surface area contributed by atoms with Crippen molar-refractivity contribution < 1.29 is 4.79 Å². The Kier molecular flexibility index (Phi) is 3.67. The second-order valence-corrected chi connectivity index (χ2v) is 5.61. The third kappa shape index (κ3) is 2.83. The summed E-state index contributed by atoms with van der Waals surface area (Å²) in [5.74, 6) is -0.467. The molecule has 2 heterocycles. The Hall–Kier alpha value is -3.60. The van der Waals surface area contributed by atoms with Crippen LogP contribution in [0.5, 0.6) is 0 Å². The maximum atomic E-state index is 11.4. The third-order valence-electron chi connectivity index (χ3n) is 4.00. The summed E-state index contributed by atoms with van der Waals surface area (Å²) >= 11 is 0. The Balaban J connectivity index is 1.85. The van der Waals surface area contributed by atoms with E-state index >= 15 is 0 Å². The molecular formula is C20H14N4O. The minimum Gasteiger partial charge on any atom is -0.366 e. The van der Waals surface area contributed by atoms with Crippen molar-refractivity contribution in [2.24, 2.45) is 5.73 Å². The fraction of sp³-hybridized carbons (Fsp3) is 0. The van der Waals surface area contributed by atoms with E-state index in [2.05, 4.69) is 9.97 Å². The molecule has 2 aromatic carbocycles. The fourth-order valence-electron chi connectivity index (χ4n) is 2.79. The number of benzene rings is 2. The first-order valence-electron chi connectivity index (χ1n) is 7.79. The molecule has 0 aliphatic heterocycles. The van der Waals surface area contributed by atoms with Crippen LogP contribution in [0.15, 0.2) is 73.2 Å². The summed E-state index contributed by atoms with van der Waals surface area (Å²) in [5.41, 5.74) is 9.90. The van der Waals surface area contributed by atoms with Crippen LogP contribution < -0.4 is 5.73 Å². The lowest BCUT2D eigenvalue weighted by atomic mass is 10.0. The highest BCUT2D eigenvalue weighted by atomic mass is 16.1. The summed E-state index contributed by atoms with van der Waals surface area (Å²) < 4.78 is 0. The van der Waals surface area contributed by atoms with Gasteiger partial charge in [-0.05, 0) is 24.3 Å². The van der Waals surface area contributed by atoms with Gasteiger partial charge in [-0.3, -0.25) is 14.8 Å². The Bertz CT molecular complexity index is 1090.